The van der Waals surface area contributed by atoms with Crippen molar-refractivity contribution in [2.24, 2.45) is 16.1 Å². The predicted molar refractivity (Wildman–Crippen MR) is 96.0 cm³/mol. The maximum Gasteiger partial charge on any atom is 0.308 e. The number of carbonyl (C=O) groups is 3. The van der Waals surface area contributed by atoms with Gasteiger partial charge in [-0.1, -0.05) is 0 Å². The van der Waals surface area contributed by atoms with E-state index in [1.807, 2.05) is 0 Å². The minimum atomic E-state index is -0.594. The molecular weight excluding hydrogens is 356 g/mol. The zero-order valence-corrected chi connectivity index (χ0v) is 15.4. The maximum atomic E-state index is 11.9. The van der Waals surface area contributed by atoms with Crippen LogP contribution < -0.4 is 25.1 Å². The molecule has 0 spiro atoms. The van der Waals surface area contributed by atoms with Crippen LogP contribution in [-0.2, 0) is 14.4 Å². The third-order valence-corrected chi connectivity index (χ3v) is 3.68. The number of hydrazone groups is 2. The Labute approximate surface area is 155 Å². The molecule has 144 valence electrons. The van der Waals surface area contributed by atoms with Crippen LogP contribution in [0.5, 0.6) is 17.2 Å². The summed E-state index contributed by atoms with van der Waals surface area (Å²) in [7, 11) is 2.84. The van der Waals surface area contributed by atoms with Crippen molar-refractivity contribution in [2.45, 2.75) is 20.3 Å². The highest BCUT2D eigenvalue weighted by atomic mass is 16.6. The Morgan fingerprint density at radius 1 is 1.30 bits per heavy atom. The molecule has 1 aromatic rings. The number of methoxy groups -OCH3 is 2. The van der Waals surface area contributed by atoms with Crippen molar-refractivity contribution in [1.82, 2.24) is 10.9 Å². The van der Waals surface area contributed by atoms with Crippen molar-refractivity contribution in [2.75, 3.05) is 14.2 Å². The molecule has 1 heterocycles. The molecule has 0 saturated heterocycles. The topological polar surface area (TPSA) is 128 Å². The van der Waals surface area contributed by atoms with Crippen LogP contribution >= 0.6 is 0 Å². The Morgan fingerprint density at radius 2 is 1.93 bits per heavy atom. The van der Waals surface area contributed by atoms with E-state index >= 15 is 0 Å². The van der Waals surface area contributed by atoms with Gasteiger partial charge in [0, 0.05) is 24.6 Å². The molecule has 1 aliphatic heterocycles. The van der Waals surface area contributed by atoms with Crippen LogP contribution in [-0.4, -0.2) is 43.9 Å². The van der Waals surface area contributed by atoms with Crippen LogP contribution in [0.4, 0.5) is 0 Å². The molecule has 2 amide bonds. The minimum Gasteiger partial charge on any atom is -0.493 e. The molecule has 1 unspecified atom stereocenters. The molecule has 2 N–H and O–H groups in total. The lowest BCUT2D eigenvalue weighted by molar-refractivity contribution is -0.132. The highest BCUT2D eigenvalue weighted by molar-refractivity contribution is 6.09. The first-order valence-electron chi connectivity index (χ1n) is 7.96. The van der Waals surface area contributed by atoms with E-state index in [4.69, 9.17) is 14.2 Å². The fraction of sp³-hybridized carbons (Fsp3) is 0.353. The molecule has 10 nitrogen and oxygen atoms in total. The highest BCUT2D eigenvalue weighted by Gasteiger charge is 2.29. The second-order valence-corrected chi connectivity index (χ2v) is 5.63. The van der Waals surface area contributed by atoms with Crippen LogP contribution in [0.15, 0.2) is 22.3 Å². The third-order valence-electron chi connectivity index (χ3n) is 3.68. The van der Waals surface area contributed by atoms with Crippen LogP contribution in [0.25, 0.3) is 0 Å². The van der Waals surface area contributed by atoms with Gasteiger partial charge in [0.25, 0.3) is 0 Å². The second-order valence-electron chi connectivity index (χ2n) is 5.63. The number of esters is 1. The van der Waals surface area contributed by atoms with Gasteiger partial charge in [-0.3, -0.25) is 14.4 Å². The van der Waals surface area contributed by atoms with Gasteiger partial charge >= 0.3 is 5.97 Å². The van der Waals surface area contributed by atoms with Crippen LogP contribution in [0.3, 0.4) is 0 Å². The number of hydrogen-bond acceptors (Lipinski definition) is 8. The molecule has 0 fully saturated rings. The average molecular weight is 376 g/mol. The summed E-state index contributed by atoms with van der Waals surface area (Å²) in [5.74, 6) is -1.17. The summed E-state index contributed by atoms with van der Waals surface area (Å²) in [4.78, 5) is 34.7. The normalized spacial score (nSPS) is 15.9. The summed E-state index contributed by atoms with van der Waals surface area (Å²) in [6.07, 6.45) is 1.31. The Bertz CT molecular complexity index is 793. The van der Waals surface area contributed by atoms with Crippen molar-refractivity contribution in [1.29, 1.82) is 0 Å². The number of hydrogen-bond donors (Lipinski definition) is 2. The van der Waals surface area contributed by atoms with E-state index in [-0.39, 0.29) is 29.6 Å². The summed E-state index contributed by atoms with van der Waals surface area (Å²) < 4.78 is 15.5. The van der Waals surface area contributed by atoms with Crippen molar-refractivity contribution in [3.8, 4) is 17.2 Å². The Morgan fingerprint density at radius 3 is 2.41 bits per heavy atom. The molecule has 1 atom stereocenters. The number of rotatable bonds is 7. The largest absolute Gasteiger partial charge is 0.493 e. The monoisotopic (exact) mass is 376 g/mol. The molecular formula is C17H20N4O6. The van der Waals surface area contributed by atoms with Gasteiger partial charge in [0.15, 0.2) is 11.5 Å². The molecule has 27 heavy (non-hydrogen) atoms. The van der Waals surface area contributed by atoms with E-state index in [1.54, 1.807) is 19.1 Å². The molecule has 10 heteroatoms. The number of nitrogens with zero attached hydrogens (tertiary/aromatic N) is 2. The van der Waals surface area contributed by atoms with Crippen LogP contribution in [0, 0.1) is 5.92 Å². The van der Waals surface area contributed by atoms with Gasteiger partial charge in [0.05, 0.1) is 26.4 Å². The van der Waals surface area contributed by atoms with Crippen molar-refractivity contribution in [3.05, 3.63) is 17.7 Å². The molecule has 0 saturated carbocycles. The number of nitrogens with one attached hydrogen (secondary N) is 2. The summed E-state index contributed by atoms with van der Waals surface area (Å²) in [6.45, 7) is 2.93. The summed E-state index contributed by atoms with van der Waals surface area (Å²) >= 11 is 0. The smallest absolute Gasteiger partial charge is 0.308 e. The summed E-state index contributed by atoms with van der Waals surface area (Å²) in [5, 5.41) is 7.64. The van der Waals surface area contributed by atoms with Crippen LogP contribution in [0.1, 0.15) is 25.8 Å². The zero-order valence-electron chi connectivity index (χ0n) is 15.4. The fourth-order valence-corrected chi connectivity index (χ4v) is 2.36. The lowest BCUT2D eigenvalue weighted by Crippen LogP contribution is -2.29. The van der Waals surface area contributed by atoms with Crippen molar-refractivity contribution < 1.29 is 28.6 Å². The van der Waals surface area contributed by atoms with Gasteiger partial charge in [-0.2, -0.15) is 10.2 Å². The van der Waals surface area contributed by atoms with E-state index in [2.05, 4.69) is 21.1 Å². The Balaban J connectivity index is 2.07. The average Bonchev–Trinajstić information content (AvgIpc) is 2.94. The van der Waals surface area contributed by atoms with E-state index in [9.17, 15) is 14.4 Å². The Kier molecular flexibility index (Phi) is 6.47. The van der Waals surface area contributed by atoms with Gasteiger partial charge in [-0.25, -0.2) is 10.9 Å². The molecule has 0 aromatic heterocycles. The van der Waals surface area contributed by atoms with E-state index < -0.39 is 17.8 Å². The predicted octanol–water partition coefficient (Wildman–Crippen LogP) is 0.591. The van der Waals surface area contributed by atoms with E-state index in [1.165, 1.54) is 27.4 Å². The standard InChI is InChI=1S/C17H20N4O6/c1-9-12(17(24)21-19-9)7-15(23)20-18-8-11-5-13(25-3)16(27-10(2)22)14(6-11)26-4/h5-6,8,12H,7H2,1-4H3,(H,20,23)(H,21,24)/b18-8+. The van der Waals surface area contributed by atoms with E-state index in [0.717, 1.165) is 0 Å². The number of amides is 2. The molecule has 2 rings (SSSR count). The van der Waals surface area contributed by atoms with Gasteiger partial charge in [-0.05, 0) is 19.1 Å². The van der Waals surface area contributed by atoms with Gasteiger partial charge in [0.1, 0.15) is 0 Å². The summed E-state index contributed by atoms with van der Waals surface area (Å²) in [5.41, 5.74) is 5.76. The van der Waals surface area contributed by atoms with Crippen molar-refractivity contribution >= 4 is 29.7 Å². The number of ether oxygens (including phenoxy) is 3. The highest BCUT2D eigenvalue weighted by Crippen LogP contribution is 2.38. The molecule has 0 bridgehead atoms. The van der Waals surface area contributed by atoms with Crippen molar-refractivity contribution in [3.63, 3.8) is 0 Å². The van der Waals surface area contributed by atoms with E-state index in [0.29, 0.717) is 11.3 Å². The maximum absolute atomic E-state index is 11.9. The Hall–Kier alpha value is -3.43. The zero-order chi connectivity index (χ0) is 20.0. The fourth-order valence-electron chi connectivity index (χ4n) is 2.36. The lowest BCUT2D eigenvalue weighted by Gasteiger charge is -2.13. The third kappa shape index (κ3) is 5.03. The quantitative estimate of drug-likeness (QED) is 0.310. The minimum absolute atomic E-state index is 0.0590. The van der Waals surface area contributed by atoms with Gasteiger partial charge in [-0.15, -0.1) is 0 Å². The summed E-state index contributed by atoms with van der Waals surface area (Å²) in [6, 6.07) is 3.13. The van der Waals surface area contributed by atoms with Gasteiger partial charge < -0.3 is 14.2 Å². The molecule has 1 aliphatic rings. The first-order chi connectivity index (χ1) is 12.8. The number of carbonyl (C=O) groups excluding carboxylic acids is 3. The first kappa shape index (κ1) is 19.9. The van der Waals surface area contributed by atoms with Gasteiger partial charge in [0.2, 0.25) is 17.6 Å². The number of benzene rings is 1. The lowest BCUT2D eigenvalue weighted by atomic mass is 10.0. The molecule has 1 aromatic carbocycles. The molecule has 0 aliphatic carbocycles. The SMILES string of the molecule is COc1cc(/C=N/NC(=O)CC2C(=O)NN=C2C)cc(OC)c1OC(C)=O. The first-order valence-corrected chi connectivity index (χ1v) is 7.96. The van der Waals surface area contributed by atoms with Crippen LogP contribution in [0.2, 0.25) is 0 Å². The molecule has 0 radical (unpaired) electrons. The second kappa shape index (κ2) is 8.79.